The molecule has 0 heterocycles. The molecule has 0 saturated heterocycles. The summed E-state index contributed by atoms with van der Waals surface area (Å²) in [6.07, 6.45) is -8.07. The van der Waals surface area contributed by atoms with Crippen LogP contribution in [-0.4, -0.2) is 71.5 Å². The average Bonchev–Trinajstić information content (AvgIpc) is 2.68. The largest absolute Gasteiger partial charge is 0.460 e. The summed E-state index contributed by atoms with van der Waals surface area (Å²) in [7, 11) is 0. The lowest BCUT2D eigenvalue weighted by atomic mass is 9.89. The molecule has 1 amide bonds. The lowest BCUT2D eigenvalue weighted by molar-refractivity contribution is -0.461. The van der Waals surface area contributed by atoms with E-state index in [4.69, 9.17) is 0 Å². The third-order valence-corrected chi connectivity index (χ3v) is 4.61. The van der Waals surface area contributed by atoms with Crippen molar-refractivity contribution in [1.29, 1.82) is 0 Å². The van der Waals surface area contributed by atoms with Gasteiger partial charge in [0.25, 0.3) is 0 Å². The van der Waals surface area contributed by atoms with Gasteiger partial charge in [-0.05, 0) is 13.3 Å². The second kappa shape index (κ2) is 9.72. The molecule has 36 heavy (non-hydrogen) atoms. The number of amides is 1. The van der Waals surface area contributed by atoms with Crippen molar-refractivity contribution in [2.24, 2.45) is 0 Å². The van der Waals surface area contributed by atoms with Crippen molar-refractivity contribution in [3.05, 3.63) is 12.2 Å². The minimum absolute atomic E-state index is 0.0326. The lowest BCUT2D eigenvalue weighted by Gasteiger charge is -2.43. The van der Waals surface area contributed by atoms with E-state index >= 15 is 0 Å². The molecule has 0 radical (unpaired) electrons. The summed E-state index contributed by atoms with van der Waals surface area (Å²) >= 11 is 0. The third-order valence-electron chi connectivity index (χ3n) is 4.61. The van der Waals surface area contributed by atoms with Crippen LogP contribution in [0.5, 0.6) is 0 Å². The Kier molecular flexibility index (Phi) is 9.18. The van der Waals surface area contributed by atoms with Crippen molar-refractivity contribution in [1.82, 2.24) is 4.90 Å². The van der Waals surface area contributed by atoms with Gasteiger partial charge >= 0.3 is 47.6 Å². The highest BCUT2D eigenvalue weighted by molar-refractivity contribution is 5.92. The van der Waals surface area contributed by atoms with E-state index in [0.717, 1.165) is 6.92 Å². The highest BCUT2D eigenvalue weighted by atomic mass is 19.4. The van der Waals surface area contributed by atoms with E-state index in [0.29, 0.717) is 0 Å². The number of carbonyl (C=O) groups is 1. The van der Waals surface area contributed by atoms with Gasteiger partial charge < -0.3 is 4.90 Å². The summed E-state index contributed by atoms with van der Waals surface area (Å²) in [5.74, 6) is -58.6. The minimum Gasteiger partial charge on any atom is -0.333 e. The van der Waals surface area contributed by atoms with Gasteiger partial charge in [-0.15, -0.1) is 0 Å². The summed E-state index contributed by atoms with van der Waals surface area (Å²) in [5.41, 5.74) is -0.692. The maximum atomic E-state index is 14.1. The monoisotopic (exact) mass is 573 g/mol. The maximum absolute atomic E-state index is 14.1. The van der Waals surface area contributed by atoms with Crippen molar-refractivity contribution >= 4 is 5.91 Å². The van der Waals surface area contributed by atoms with Crippen molar-refractivity contribution in [2.75, 3.05) is 13.1 Å². The van der Waals surface area contributed by atoms with E-state index in [2.05, 4.69) is 6.58 Å². The first-order valence-electron chi connectivity index (χ1n) is 9.19. The first kappa shape index (κ1) is 34.0. The number of hydrogen-bond acceptors (Lipinski definition) is 1. The summed E-state index contributed by atoms with van der Waals surface area (Å²) in [6.45, 7) is 1.20. The Balaban J connectivity index is 6.72. The van der Waals surface area contributed by atoms with Gasteiger partial charge in [0.05, 0.1) is 6.54 Å². The van der Waals surface area contributed by atoms with Crippen molar-refractivity contribution in [3.63, 3.8) is 0 Å². The molecular weight excluding hydrogens is 557 g/mol. The minimum atomic E-state index is -8.68. The van der Waals surface area contributed by atoms with E-state index in [1.807, 2.05) is 0 Å². The van der Waals surface area contributed by atoms with E-state index in [9.17, 15) is 79.4 Å². The number of nitrogens with zero attached hydrogens (tertiary/aromatic N) is 1. The van der Waals surface area contributed by atoms with Gasteiger partial charge in [0.2, 0.25) is 5.91 Å². The molecular formula is C17H16F17NO. The highest BCUT2D eigenvalue weighted by Crippen LogP contribution is 2.63. The van der Waals surface area contributed by atoms with Crippen LogP contribution in [0.3, 0.4) is 0 Å². The second-order valence-electron chi connectivity index (χ2n) is 7.51. The third kappa shape index (κ3) is 5.06. The smallest absolute Gasteiger partial charge is 0.333 e. The molecule has 0 N–H and O–H groups in total. The van der Waals surface area contributed by atoms with Gasteiger partial charge in [0.15, 0.2) is 0 Å². The Morgan fingerprint density at radius 2 is 0.972 bits per heavy atom. The maximum Gasteiger partial charge on any atom is 0.460 e. The quantitative estimate of drug-likeness (QED) is 0.179. The molecule has 0 atom stereocenters. The summed E-state index contributed by atoms with van der Waals surface area (Å²) in [6, 6.07) is 0. The predicted octanol–water partition coefficient (Wildman–Crippen LogP) is 7.20. The Morgan fingerprint density at radius 1 is 0.639 bits per heavy atom. The van der Waals surface area contributed by atoms with Gasteiger partial charge in [-0.3, -0.25) is 4.79 Å². The van der Waals surface area contributed by atoms with Crippen molar-refractivity contribution < 1.29 is 79.4 Å². The molecule has 2 nitrogen and oxygen atoms in total. The zero-order valence-electron chi connectivity index (χ0n) is 17.8. The molecule has 0 aliphatic carbocycles. The molecule has 214 valence electrons. The van der Waals surface area contributed by atoms with Crippen LogP contribution in [0.25, 0.3) is 0 Å². The number of unbranched alkanes of at least 4 members (excludes halogenated alkanes) is 1. The lowest BCUT2D eigenvalue weighted by Crippen LogP contribution is -2.75. The van der Waals surface area contributed by atoms with Gasteiger partial charge in [-0.25, -0.2) is 0 Å². The van der Waals surface area contributed by atoms with Crippen LogP contribution in [0.1, 0.15) is 26.7 Å². The van der Waals surface area contributed by atoms with E-state index < -0.39 is 72.2 Å². The van der Waals surface area contributed by atoms with Crippen LogP contribution >= 0.6 is 0 Å². The summed E-state index contributed by atoms with van der Waals surface area (Å²) < 4.78 is 226. The Morgan fingerprint density at radius 3 is 1.28 bits per heavy atom. The van der Waals surface area contributed by atoms with Crippen molar-refractivity contribution in [2.45, 2.75) is 74.3 Å². The van der Waals surface area contributed by atoms with Crippen LogP contribution in [0.2, 0.25) is 0 Å². The molecule has 0 spiro atoms. The Labute approximate surface area is 191 Å². The fourth-order valence-electron chi connectivity index (χ4n) is 2.41. The molecule has 0 aromatic carbocycles. The van der Waals surface area contributed by atoms with Crippen molar-refractivity contribution in [3.8, 4) is 0 Å². The molecule has 0 rings (SSSR count). The normalized spacial score (nSPS) is 15.2. The van der Waals surface area contributed by atoms with Gasteiger partial charge in [0, 0.05) is 12.1 Å². The summed E-state index contributed by atoms with van der Waals surface area (Å²) in [5, 5.41) is 0. The van der Waals surface area contributed by atoms with Gasteiger partial charge in [0.1, 0.15) is 0 Å². The SMILES string of the molecule is C=C(C)C(=O)N(CCCC)CC(F)(F)C(F)(F)C(F)(F)C(F)(F)C(F)(F)C(F)(F)C(F)(F)C(F)(F)F. The van der Waals surface area contributed by atoms with Crippen LogP contribution < -0.4 is 0 Å². The predicted molar refractivity (Wildman–Crippen MR) is 87.0 cm³/mol. The molecule has 0 aromatic heterocycles. The topological polar surface area (TPSA) is 20.3 Å². The number of hydrogen-bond donors (Lipinski definition) is 0. The van der Waals surface area contributed by atoms with E-state index in [1.165, 1.54) is 6.92 Å². The molecule has 0 saturated carbocycles. The zero-order valence-corrected chi connectivity index (χ0v) is 17.8. The molecule has 0 aliphatic rings. The first-order valence-corrected chi connectivity index (χ1v) is 9.19. The molecule has 0 unspecified atom stereocenters. The first-order chi connectivity index (χ1) is 15.5. The highest BCUT2D eigenvalue weighted by Gasteiger charge is 2.95. The molecule has 0 aliphatic heterocycles. The van der Waals surface area contributed by atoms with Crippen LogP contribution in [0.4, 0.5) is 74.6 Å². The Bertz CT molecular complexity index is 814. The molecule has 0 fully saturated rings. The molecule has 0 aromatic rings. The van der Waals surface area contributed by atoms with Crippen LogP contribution in [0.15, 0.2) is 12.2 Å². The molecule has 0 bridgehead atoms. The summed E-state index contributed by atoms with van der Waals surface area (Å²) in [4.78, 5) is 11.4. The average molecular weight is 573 g/mol. The number of alkyl halides is 17. The second-order valence-corrected chi connectivity index (χ2v) is 7.51. The fourth-order valence-corrected chi connectivity index (χ4v) is 2.41. The van der Waals surface area contributed by atoms with Gasteiger partial charge in [-0.1, -0.05) is 19.9 Å². The van der Waals surface area contributed by atoms with Gasteiger partial charge in [-0.2, -0.15) is 74.6 Å². The van der Waals surface area contributed by atoms with Crippen LogP contribution in [-0.2, 0) is 4.79 Å². The Hall–Kier alpha value is -1.98. The standard InChI is InChI=1S/C17H16F17NO/c1-4-5-6-35(9(36)8(2)3)7-10(18,19)11(20,21)12(22,23)13(24,25)14(26,27)15(28,29)16(30,31)17(32,33)34/h2,4-7H2,1,3H3. The fraction of sp³-hybridized carbons (Fsp3) is 0.824. The van der Waals surface area contributed by atoms with E-state index in [-0.39, 0.29) is 17.7 Å². The number of rotatable bonds is 12. The molecule has 19 heteroatoms. The van der Waals surface area contributed by atoms with Crippen LogP contribution in [0, 0.1) is 0 Å². The number of halogens is 17. The van der Waals surface area contributed by atoms with E-state index in [1.54, 1.807) is 0 Å². The number of carbonyl (C=O) groups excluding carboxylic acids is 1. The zero-order chi connectivity index (χ0) is 29.6.